The van der Waals surface area contributed by atoms with Crippen molar-refractivity contribution in [2.75, 3.05) is 18.5 Å². The van der Waals surface area contributed by atoms with Crippen molar-refractivity contribution in [3.8, 4) is 16.9 Å². The molecule has 0 saturated carbocycles. The standard InChI is InChI=1S/C32H27F4N3O5/c33-26-10-2-1-9-25(26)22-7-5-8-23(19-22)27(20-29(40)44-31(42)32(34,35)36)39-30(41)21-12-14-24(15-13-21)43-18-6-17-38-28-11-3-4-16-37-28/h1-5,7-16,19,27H,6,17-18,20H2,(H,37,38)(H,39,41). The third kappa shape index (κ3) is 9.12. The van der Waals surface area contributed by atoms with Gasteiger partial charge in [0.2, 0.25) is 0 Å². The van der Waals surface area contributed by atoms with E-state index in [1.165, 1.54) is 42.5 Å². The first-order valence-corrected chi connectivity index (χ1v) is 13.5. The zero-order valence-electron chi connectivity index (χ0n) is 23.1. The number of ether oxygens (including phenoxy) is 2. The summed E-state index contributed by atoms with van der Waals surface area (Å²) in [7, 11) is 0. The van der Waals surface area contributed by atoms with Crippen LogP contribution in [-0.2, 0) is 14.3 Å². The van der Waals surface area contributed by atoms with Gasteiger partial charge in [-0.25, -0.2) is 14.2 Å². The minimum Gasteiger partial charge on any atom is -0.494 e. The number of carbonyl (C=O) groups is 3. The Kier molecular flexibility index (Phi) is 10.6. The molecule has 0 aliphatic heterocycles. The van der Waals surface area contributed by atoms with Crippen LogP contribution in [-0.4, -0.2) is 42.2 Å². The molecule has 0 aliphatic rings. The third-order valence-corrected chi connectivity index (χ3v) is 6.27. The molecule has 0 bridgehead atoms. The maximum Gasteiger partial charge on any atom is 0.491 e. The molecular formula is C32H27F4N3O5. The number of carbonyl (C=O) groups excluding carboxylic acids is 3. The van der Waals surface area contributed by atoms with Crippen LogP contribution in [0.5, 0.6) is 5.75 Å². The van der Waals surface area contributed by atoms with Crippen molar-refractivity contribution < 1.29 is 41.4 Å². The van der Waals surface area contributed by atoms with Crippen LogP contribution in [0, 0.1) is 5.82 Å². The molecule has 2 N–H and O–H groups in total. The zero-order valence-corrected chi connectivity index (χ0v) is 23.1. The van der Waals surface area contributed by atoms with Gasteiger partial charge in [-0.1, -0.05) is 42.5 Å². The Morgan fingerprint density at radius 1 is 0.886 bits per heavy atom. The van der Waals surface area contributed by atoms with Crippen LogP contribution in [0.1, 0.15) is 34.8 Å². The van der Waals surface area contributed by atoms with Crippen LogP contribution in [0.3, 0.4) is 0 Å². The van der Waals surface area contributed by atoms with E-state index in [0.717, 1.165) is 5.82 Å². The number of alkyl halides is 3. The Morgan fingerprint density at radius 2 is 1.64 bits per heavy atom. The number of nitrogens with one attached hydrogen (secondary N) is 2. The minimum absolute atomic E-state index is 0.171. The van der Waals surface area contributed by atoms with Crippen molar-refractivity contribution in [3.05, 3.63) is 114 Å². The van der Waals surface area contributed by atoms with E-state index in [1.807, 2.05) is 18.2 Å². The molecule has 0 fully saturated rings. The molecule has 0 saturated heterocycles. The van der Waals surface area contributed by atoms with Gasteiger partial charge in [0.05, 0.1) is 19.1 Å². The molecule has 4 rings (SSSR count). The van der Waals surface area contributed by atoms with Crippen LogP contribution >= 0.6 is 0 Å². The molecule has 228 valence electrons. The molecule has 1 aromatic heterocycles. The summed E-state index contributed by atoms with van der Waals surface area (Å²) < 4.78 is 62.0. The fourth-order valence-electron chi connectivity index (χ4n) is 4.13. The average Bonchev–Trinajstić information content (AvgIpc) is 3.01. The second-order valence-electron chi connectivity index (χ2n) is 9.46. The van der Waals surface area contributed by atoms with E-state index in [9.17, 15) is 31.9 Å². The Labute approximate surface area is 250 Å². The van der Waals surface area contributed by atoms with Crippen molar-refractivity contribution in [1.82, 2.24) is 10.3 Å². The van der Waals surface area contributed by atoms with Gasteiger partial charge in [0.15, 0.2) is 0 Å². The van der Waals surface area contributed by atoms with Crippen molar-refractivity contribution in [1.29, 1.82) is 0 Å². The number of rotatable bonds is 12. The predicted octanol–water partition coefficient (Wildman–Crippen LogP) is 6.26. The fourth-order valence-corrected chi connectivity index (χ4v) is 4.13. The lowest BCUT2D eigenvalue weighted by Gasteiger charge is -2.20. The van der Waals surface area contributed by atoms with Gasteiger partial charge in [-0.15, -0.1) is 0 Å². The molecule has 1 atom stereocenters. The number of aromatic nitrogens is 1. The van der Waals surface area contributed by atoms with E-state index in [2.05, 4.69) is 20.4 Å². The van der Waals surface area contributed by atoms with Crippen molar-refractivity contribution >= 4 is 23.7 Å². The summed E-state index contributed by atoms with van der Waals surface area (Å²) in [5.74, 6) is -4.10. The summed E-state index contributed by atoms with van der Waals surface area (Å²) in [4.78, 5) is 40.8. The van der Waals surface area contributed by atoms with Crippen molar-refractivity contribution in [3.63, 3.8) is 0 Å². The van der Waals surface area contributed by atoms with E-state index >= 15 is 0 Å². The van der Waals surface area contributed by atoms with Gasteiger partial charge in [-0.2, -0.15) is 13.2 Å². The smallest absolute Gasteiger partial charge is 0.491 e. The number of pyridine rings is 1. The molecule has 12 heteroatoms. The highest BCUT2D eigenvalue weighted by Crippen LogP contribution is 2.28. The van der Waals surface area contributed by atoms with Gasteiger partial charge in [0.1, 0.15) is 17.4 Å². The Morgan fingerprint density at radius 3 is 2.34 bits per heavy atom. The number of benzene rings is 3. The number of hydrogen-bond donors (Lipinski definition) is 2. The molecule has 1 amide bonds. The maximum atomic E-state index is 14.4. The first-order valence-electron chi connectivity index (χ1n) is 13.5. The fraction of sp³-hybridized carbons (Fsp3) is 0.188. The molecule has 1 heterocycles. The summed E-state index contributed by atoms with van der Waals surface area (Å²) >= 11 is 0. The largest absolute Gasteiger partial charge is 0.494 e. The Balaban J connectivity index is 1.43. The monoisotopic (exact) mass is 609 g/mol. The van der Waals surface area contributed by atoms with E-state index in [1.54, 1.807) is 36.5 Å². The lowest BCUT2D eigenvalue weighted by atomic mass is 9.97. The summed E-state index contributed by atoms with van der Waals surface area (Å²) in [6.07, 6.45) is -3.82. The van der Waals surface area contributed by atoms with Crippen molar-refractivity contribution in [2.24, 2.45) is 0 Å². The third-order valence-electron chi connectivity index (χ3n) is 6.27. The molecule has 1 unspecified atom stereocenters. The second-order valence-corrected chi connectivity index (χ2v) is 9.46. The second kappa shape index (κ2) is 14.8. The summed E-state index contributed by atoms with van der Waals surface area (Å²) in [6, 6.07) is 22.5. The van der Waals surface area contributed by atoms with Gasteiger partial charge < -0.3 is 20.1 Å². The summed E-state index contributed by atoms with van der Waals surface area (Å²) in [5.41, 5.74) is 1.08. The molecule has 4 aromatic rings. The van der Waals surface area contributed by atoms with Gasteiger partial charge >= 0.3 is 18.1 Å². The normalized spacial score (nSPS) is 11.7. The first-order chi connectivity index (χ1) is 21.1. The van der Waals surface area contributed by atoms with Crippen molar-refractivity contribution in [2.45, 2.75) is 25.1 Å². The van der Waals surface area contributed by atoms with Crippen LogP contribution in [0.2, 0.25) is 0 Å². The van der Waals surface area contributed by atoms with E-state index in [-0.39, 0.29) is 16.7 Å². The average molecular weight is 610 g/mol. The molecule has 0 spiro atoms. The highest BCUT2D eigenvalue weighted by Gasteiger charge is 2.42. The molecule has 3 aromatic carbocycles. The Bertz CT molecular complexity index is 1580. The highest BCUT2D eigenvalue weighted by atomic mass is 19.4. The topological polar surface area (TPSA) is 107 Å². The number of amides is 1. The lowest BCUT2D eigenvalue weighted by Crippen LogP contribution is -2.33. The molecular weight excluding hydrogens is 582 g/mol. The quantitative estimate of drug-likeness (QED) is 0.0845. The lowest BCUT2D eigenvalue weighted by molar-refractivity contribution is -0.202. The highest BCUT2D eigenvalue weighted by molar-refractivity contribution is 5.95. The number of esters is 2. The molecule has 0 radical (unpaired) electrons. The predicted molar refractivity (Wildman–Crippen MR) is 153 cm³/mol. The molecule has 44 heavy (non-hydrogen) atoms. The SMILES string of the molecule is O=C(CC(NC(=O)c1ccc(OCCCNc2ccccn2)cc1)c1cccc(-c2ccccc2F)c1)OC(=O)C(F)(F)F. The van der Waals surface area contributed by atoms with Crippen LogP contribution in [0.15, 0.2) is 97.2 Å². The van der Waals surface area contributed by atoms with Gasteiger partial charge in [0, 0.05) is 23.9 Å². The van der Waals surface area contributed by atoms with Gasteiger partial charge in [-0.05, 0) is 66.1 Å². The van der Waals surface area contributed by atoms with Gasteiger partial charge in [0.25, 0.3) is 5.91 Å². The minimum atomic E-state index is -5.38. The molecule has 8 nitrogen and oxygen atoms in total. The number of nitrogens with zero attached hydrogens (tertiary/aromatic N) is 1. The van der Waals surface area contributed by atoms with E-state index in [0.29, 0.717) is 30.9 Å². The van der Waals surface area contributed by atoms with E-state index < -0.39 is 42.3 Å². The summed E-state index contributed by atoms with van der Waals surface area (Å²) in [5, 5.41) is 5.76. The number of hydrogen-bond acceptors (Lipinski definition) is 7. The number of halogens is 4. The van der Waals surface area contributed by atoms with E-state index in [4.69, 9.17) is 4.74 Å². The Hall–Kier alpha value is -5.26. The van der Waals surface area contributed by atoms with Crippen LogP contribution < -0.4 is 15.4 Å². The summed E-state index contributed by atoms with van der Waals surface area (Å²) in [6.45, 7) is 1.03. The number of anilines is 1. The maximum absolute atomic E-state index is 14.4. The zero-order chi connectivity index (χ0) is 31.5. The van der Waals surface area contributed by atoms with Gasteiger partial charge in [-0.3, -0.25) is 9.59 Å². The van der Waals surface area contributed by atoms with Crippen LogP contribution in [0.4, 0.5) is 23.4 Å². The van der Waals surface area contributed by atoms with Crippen LogP contribution in [0.25, 0.3) is 11.1 Å². The molecule has 0 aliphatic carbocycles. The first kappa shape index (κ1) is 31.7.